The molecule has 1 aliphatic rings. The lowest BCUT2D eigenvalue weighted by atomic mass is 9.91. The lowest BCUT2D eigenvalue weighted by molar-refractivity contribution is -0.0333. The number of β-amino-alcohol motifs (C(OH)–C–C–N with tert-alkyl or cyclic N) is 1. The molecule has 18 heavy (non-hydrogen) atoms. The molecular formula is C13H24N4O. The Hall–Kier alpha value is -0.910. The number of rotatable bonds is 3. The number of aliphatic hydroxyl groups is 1. The number of aromatic nitrogens is 2. The quantitative estimate of drug-likeness (QED) is 0.829. The van der Waals surface area contributed by atoms with E-state index < -0.39 is 5.60 Å². The molecule has 0 saturated carbocycles. The fourth-order valence-electron chi connectivity index (χ4n) is 2.94. The summed E-state index contributed by atoms with van der Waals surface area (Å²) in [7, 11) is 1.91. The van der Waals surface area contributed by atoms with Gasteiger partial charge in [-0.05, 0) is 33.2 Å². The van der Waals surface area contributed by atoms with Crippen molar-refractivity contribution in [2.75, 3.05) is 13.1 Å². The zero-order valence-electron chi connectivity index (χ0n) is 11.5. The van der Waals surface area contributed by atoms with Gasteiger partial charge in [0, 0.05) is 31.4 Å². The predicted molar refractivity (Wildman–Crippen MR) is 71.0 cm³/mol. The maximum atomic E-state index is 10.2. The molecule has 0 spiro atoms. The Morgan fingerprint density at radius 3 is 2.78 bits per heavy atom. The third-order valence-electron chi connectivity index (χ3n) is 3.66. The van der Waals surface area contributed by atoms with Crippen LogP contribution in [0.3, 0.4) is 0 Å². The molecule has 102 valence electrons. The highest BCUT2D eigenvalue weighted by molar-refractivity contribution is 5.13. The highest BCUT2D eigenvalue weighted by Crippen LogP contribution is 2.30. The molecule has 1 aromatic rings. The molecule has 1 aromatic heterocycles. The topological polar surface area (TPSA) is 67.3 Å². The molecule has 3 N–H and O–H groups in total. The van der Waals surface area contributed by atoms with Crippen molar-refractivity contribution in [2.45, 2.75) is 44.4 Å². The molecule has 0 radical (unpaired) electrons. The molecular weight excluding hydrogens is 228 g/mol. The number of hydrogen-bond donors (Lipinski definition) is 2. The highest BCUT2D eigenvalue weighted by atomic mass is 16.3. The van der Waals surface area contributed by atoms with Gasteiger partial charge in [0.25, 0.3) is 0 Å². The highest BCUT2D eigenvalue weighted by Gasteiger charge is 2.34. The summed E-state index contributed by atoms with van der Waals surface area (Å²) in [6, 6.07) is 0.147. The van der Waals surface area contributed by atoms with Crippen LogP contribution in [-0.2, 0) is 7.05 Å². The molecule has 5 nitrogen and oxygen atoms in total. The third kappa shape index (κ3) is 2.91. The van der Waals surface area contributed by atoms with Crippen molar-refractivity contribution in [3.05, 3.63) is 18.0 Å². The van der Waals surface area contributed by atoms with Gasteiger partial charge in [-0.3, -0.25) is 9.58 Å². The van der Waals surface area contributed by atoms with Gasteiger partial charge in [0.2, 0.25) is 0 Å². The van der Waals surface area contributed by atoms with E-state index in [2.05, 4.69) is 10.00 Å². The standard InChI is InChI=1S/C13H24N4O/c1-10(14)12(11-7-15-16(3)8-11)17-6-4-5-13(2,18)9-17/h7-8,10,12,18H,4-6,9,14H2,1-3H3. The van der Waals surface area contributed by atoms with Crippen molar-refractivity contribution >= 4 is 0 Å². The van der Waals surface area contributed by atoms with Gasteiger partial charge in [0.15, 0.2) is 0 Å². The van der Waals surface area contributed by atoms with Gasteiger partial charge in [-0.15, -0.1) is 0 Å². The Bertz CT molecular complexity index is 399. The van der Waals surface area contributed by atoms with Crippen LogP contribution in [0.5, 0.6) is 0 Å². The molecule has 0 amide bonds. The first-order valence-corrected chi connectivity index (χ1v) is 6.60. The lowest BCUT2D eigenvalue weighted by Gasteiger charge is -2.42. The van der Waals surface area contributed by atoms with Crippen LogP contribution in [0, 0.1) is 0 Å². The van der Waals surface area contributed by atoms with Crippen LogP contribution in [0.4, 0.5) is 0 Å². The monoisotopic (exact) mass is 252 g/mol. The van der Waals surface area contributed by atoms with Gasteiger partial charge in [-0.25, -0.2) is 0 Å². The second kappa shape index (κ2) is 4.99. The number of likely N-dealkylation sites (tertiary alicyclic amines) is 1. The molecule has 5 heteroatoms. The number of hydrogen-bond acceptors (Lipinski definition) is 4. The molecule has 0 bridgehead atoms. The molecule has 0 aromatic carbocycles. The average molecular weight is 252 g/mol. The van der Waals surface area contributed by atoms with Crippen molar-refractivity contribution in [3.8, 4) is 0 Å². The molecule has 1 saturated heterocycles. The number of nitrogens with zero attached hydrogens (tertiary/aromatic N) is 3. The fourth-order valence-corrected chi connectivity index (χ4v) is 2.94. The van der Waals surface area contributed by atoms with Gasteiger partial charge >= 0.3 is 0 Å². The van der Waals surface area contributed by atoms with Gasteiger partial charge in [-0.2, -0.15) is 5.10 Å². The molecule has 2 rings (SSSR count). The fraction of sp³-hybridized carbons (Fsp3) is 0.769. The van der Waals surface area contributed by atoms with E-state index in [0.29, 0.717) is 6.54 Å². The summed E-state index contributed by atoms with van der Waals surface area (Å²) < 4.78 is 1.80. The normalized spacial score (nSPS) is 29.2. The Balaban J connectivity index is 2.20. The summed E-state index contributed by atoms with van der Waals surface area (Å²) in [5.74, 6) is 0. The van der Waals surface area contributed by atoms with Crippen molar-refractivity contribution in [1.29, 1.82) is 0 Å². The SMILES string of the molecule is CC(N)C(c1cnn(C)c1)N1CCCC(C)(O)C1. The molecule has 3 atom stereocenters. The van der Waals surface area contributed by atoms with Crippen LogP contribution in [0.1, 0.15) is 38.3 Å². The molecule has 1 aliphatic heterocycles. The summed E-state index contributed by atoms with van der Waals surface area (Å²) in [4.78, 5) is 2.28. The van der Waals surface area contributed by atoms with Crippen LogP contribution in [0.2, 0.25) is 0 Å². The zero-order chi connectivity index (χ0) is 13.3. The minimum absolute atomic E-state index is 0.0168. The Morgan fingerprint density at radius 1 is 1.56 bits per heavy atom. The Kier molecular flexibility index (Phi) is 3.75. The first-order valence-electron chi connectivity index (χ1n) is 6.60. The number of piperidine rings is 1. The van der Waals surface area contributed by atoms with Crippen molar-refractivity contribution in [2.24, 2.45) is 12.8 Å². The first kappa shape index (κ1) is 13.5. The molecule has 1 fully saturated rings. The average Bonchev–Trinajstić information content (AvgIpc) is 2.63. The largest absolute Gasteiger partial charge is 0.389 e. The van der Waals surface area contributed by atoms with Crippen LogP contribution >= 0.6 is 0 Å². The van der Waals surface area contributed by atoms with E-state index in [-0.39, 0.29) is 12.1 Å². The number of nitrogens with two attached hydrogens (primary N) is 1. The minimum Gasteiger partial charge on any atom is -0.389 e. The maximum absolute atomic E-state index is 10.2. The van der Waals surface area contributed by atoms with E-state index in [9.17, 15) is 5.11 Å². The van der Waals surface area contributed by atoms with E-state index in [0.717, 1.165) is 24.9 Å². The summed E-state index contributed by atoms with van der Waals surface area (Å²) in [6.45, 7) is 5.58. The molecule has 2 heterocycles. The first-order chi connectivity index (χ1) is 8.39. The van der Waals surface area contributed by atoms with E-state index in [1.54, 1.807) is 4.68 Å². The smallest absolute Gasteiger partial charge is 0.0746 e. The van der Waals surface area contributed by atoms with E-state index in [1.165, 1.54) is 0 Å². The second-order valence-electron chi connectivity index (χ2n) is 5.82. The van der Waals surface area contributed by atoms with Crippen LogP contribution in [0.25, 0.3) is 0 Å². The summed E-state index contributed by atoms with van der Waals surface area (Å²) in [5, 5.41) is 14.4. The third-order valence-corrected chi connectivity index (χ3v) is 3.66. The summed E-state index contributed by atoms with van der Waals surface area (Å²) in [5.41, 5.74) is 6.66. The predicted octanol–water partition coefficient (Wildman–Crippen LogP) is 0.655. The van der Waals surface area contributed by atoms with Gasteiger partial charge in [0.05, 0.1) is 17.8 Å². The van der Waals surface area contributed by atoms with Gasteiger partial charge in [-0.1, -0.05) is 0 Å². The van der Waals surface area contributed by atoms with E-state index >= 15 is 0 Å². The summed E-state index contributed by atoms with van der Waals surface area (Å²) in [6.07, 6.45) is 5.76. The van der Waals surface area contributed by atoms with Gasteiger partial charge in [0.1, 0.15) is 0 Å². The Morgan fingerprint density at radius 2 is 2.28 bits per heavy atom. The molecule has 3 unspecified atom stereocenters. The van der Waals surface area contributed by atoms with Crippen LogP contribution in [-0.4, -0.2) is 44.5 Å². The lowest BCUT2D eigenvalue weighted by Crippen LogP contribution is -2.50. The van der Waals surface area contributed by atoms with Gasteiger partial charge < -0.3 is 10.8 Å². The maximum Gasteiger partial charge on any atom is 0.0746 e. The van der Waals surface area contributed by atoms with E-state index in [1.807, 2.05) is 33.3 Å². The summed E-state index contributed by atoms with van der Waals surface area (Å²) >= 11 is 0. The second-order valence-corrected chi connectivity index (χ2v) is 5.82. The zero-order valence-corrected chi connectivity index (χ0v) is 11.5. The number of aryl methyl sites for hydroxylation is 1. The van der Waals surface area contributed by atoms with E-state index in [4.69, 9.17) is 5.73 Å². The Labute approximate surface area is 109 Å². The van der Waals surface area contributed by atoms with Crippen molar-refractivity contribution in [3.63, 3.8) is 0 Å². The minimum atomic E-state index is -0.604. The van der Waals surface area contributed by atoms with Crippen molar-refractivity contribution in [1.82, 2.24) is 14.7 Å². The van der Waals surface area contributed by atoms with Crippen molar-refractivity contribution < 1.29 is 5.11 Å². The van der Waals surface area contributed by atoms with Crippen LogP contribution in [0.15, 0.2) is 12.4 Å². The van der Waals surface area contributed by atoms with Crippen LogP contribution < -0.4 is 5.73 Å². The molecule has 0 aliphatic carbocycles.